The summed E-state index contributed by atoms with van der Waals surface area (Å²) in [6.45, 7) is 6.66. The zero-order valence-electron chi connectivity index (χ0n) is 12.4. The van der Waals surface area contributed by atoms with Crippen LogP contribution in [0.15, 0.2) is 48.7 Å². The van der Waals surface area contributed by atoms with Gasteiger partial charge in [0.1, 0.15) is 6.73 Å². The molecule has 1 unspecified atom stereocenters. The molecule has 0 aliphatic rings. The Bertz CT molecular complexity index is 493. The molecule has 0 saturated carbocycles. The molecule has 0 saturated heterocycles. The fourth-order valence-corrected chi connectivity index (χ4v) is 2.24. The van der Waals surface area contributed by atoms with Gasteiger partial charge in [0.25, 0.3) is 0 Å². The van der Waals surface area contributed by atoms with Crippen molar-refractivity contribution in [2.45, 2.75) is 39.6 Å². The highest BCUT2D eigenvalue weighted by Gasteiger charge is 2.08. The minimum absolute atomic E-state index is 0.352. The second-order valence-corrected chi connectivity index (χ2v) is 5.04. The van der Waals surface area contributed by atoms with Crippen LogP contribution >= 0.6 is 0 Å². The van der Waals surface area contributed by atoms with Crippen LogP contribution in [0.5, 0.6) is 0 Å². The van der Waals surface area contributed by atoms with Crippen LogP contribution in [0.4, 0.5) is 0 Å². The lowest BCUT2D eigenvalue weighted by Crippen LogP contribution is -2.22. The molecule has 0 aliphatic carbocycles. The second-order valence-electron chi connectivity index (χ2n) is 5.04. The molecular formula is C17H24N2O. The Morgan fingerprint density at radius 1 is 1.15 bits per heavy atom. The number of rotatable bonds is 8. The number of hydrogen-bond acceptors (Lipinski definition) is 2. The minimum Gasteiger partial charge on any atom is -0.356 e. The molecule has 0 amide bonds. The van der Waals surface area contributed by atoms with Crippen molar-refractivity contribution < 1.29 is 4.74 Å². The van der Waals surface area contributed by atoms with E-state index in [1.165, 1.54) is 11.3 Å². The van der Waals surface area contributed by atoms with E-state index in [9.17, 15) is 0 Å². The number of nitrogens with one attached hydrogen (secondary N) is 1. The smallest absolute Gasteiger partial charge is 0.123 e. The topological polar surface area (TPSA) is 26.2 Å². The Balaban J connectivity index is 1.85. The maximum absolute atomic E-state index is 5.79. The molecule has 108 valence electrons. The molecule has 1 atom stereocenters. The summed E-state index contributed by atoms with van der Waals surface area (Å²) in [6.07, 6.45) is 3.22. The van der Waals surface area contributed by atoms with Crippen LogP contribution < -0.4 is 5.32 Å². The maximum atomic E-state index is 5.79. The average Bonchev–Trinajstić information content (AvgIpc) is 2.94. The normalized spacial score (nSPS) is 12.5. The summed E-state index contributed by atoms with van der Waals surface area (Å²) < 4.78 is 7.96. The first kappa shape index (κ1) is 14.8. The molecule has 1 aromatic carbocycles. The minimum atomic E-state index is 0.352. The van der Waals surface area contributed by atoms with E-state index < -0.39 is 0 Å². The van der Waals surface area contributed by atoms with Crippen molar-refractivity contribution in [2.75, 3.05) is 6.54 Å². The first-order valence-electron chi connectivity index (χ1n) is 7.31. The van der Waals surface area contributed by atoms with E-state index in [1.807, 2.05) is 18.2 Å². The van der Waals surface area contributed by atoms with Crippen molar-refractivity contribution in [3.05, 3.63) is 59.9 Å². The molecule has 1 aromatic heterocycles. The van der Waals surface area contributed by atoms with E-state index in [2.05, 4.69) is 54.2 Å². The third-order valence-electron chi connectivity index (χ3n) is 3.35. The van der Waals surface area contributed by atoms with Gasteiger partial charge in [-0.3, -0.25) is 0 Å². The standard InChI is InChI=1S/C17H24N2O/c1-3-11-18-15(2)17-10-7-12-19(17)14-20-13-16-8-5-4-6-9-16/h4-10,12,15,18H,3,11,13-14H2,1-2H3. The fourth-order valence-electron chi connectivity index (χ4n) is 2.24. The van der Waals surface area contributed by atoms with Gasteiger partial charge in [-0.1, -0.05) is 37.3 Å². The molecule has 0 spiro atoms. The van der Waals surface area contributed by atoms with Crippen molar-refractivity contribution in [1.82, 2.24) is 9.88 Å². The van der Waals surface area contributed by atoms with Gasteiger partial charge in [0.2, 0.25) is 0 Å². The largest absolute Gasteiger partial charge is 0.356 e. The van der Waals surface area contributed by atoms with Crippen LogP contribution in [0, 0.1) is 0 Å². The molecule has 0 fully saturated rings. The van der Waals surface area contributed by atoms with Crippen molar-refractivity contribution in [2.24, 2.45) is 0 Å². The highest BCUT2D eigenvalue weighted by molar-refractivity contribution is 5.13. The summed E-state index contributed by atoms with van der Waals surface area (Å²) in [4.78, 5) is 0. The third kappa shape index (κ3) is 4.22. The molecule has 1 N–H and O–H groups in total. The molecule has 0 aliphatic heterocycles. The summed E-state index contributed by atoms with van der Waals surface area (Å²) in [6, 6.07) is 14.8. The predicted molar refractivity (Wildman–Crippen MR) is 82.4 cm³/mol. The van der Waals surface area contributed by atoms with Crippen LogP contribution in [0.1, 0.15) is 37.6 Å². The molecular weight excluding hydrogens is 248 g/mol. The van der Waals surface area contributed by atoms with E-state index in [0.29, 0.717) is 19.4 Å². The van der Waals surface area contributed by atoms with E-state index in [4.69, 9.17) is 4.74 Å². The summed E-state index contributed by atoms with van der Waals surface area (Å²) in [7, 11) is 0. The fraction of sp³-hybridized carbons (Fsp3) is 0.412. The molecule has 0 bridgehead atoms. The first-order valence-corrected chi connectivity index (χ1v) is 7.31. The van der Waals surface area contributed by atoms with Gasteiger partial charge in [0.05, 0.1) is 6.61 Å². The van der Waals surface area contributed by atoms with Crippen LogP contribution in [-0.4, -0.2) is 11.1 Å². The number of aromatic nitrogens is 1. The molecule has 1 heterocycles. The number of benzene rings is 1. The summed E-state index contributed by atoms with van der Waals surface area (Å²) in [5, 5.41) is 3.51. The summed E-state index contributed by atoms with van der Waals surface area (Å²) >= 11 is 0. The lowest BCUT2D eigenvalue weighted by atomic mass is 10.2. The van der Waals surface area contributed by atoms with Crippen LogP contribution in [-0.2, 0) is 18.1 Å². The van der Waals surface area contributed by atoms with E-state index >= 15 is 0 Å². The maximum Gasteiger partial charge on any atom is 0.123 e. The monoisotopic (exact) mass is 272 g/mol. The van der Waals surface area contributed by atoms with E-state index in [-0.39, 0.29) is 0 Å². The van der Waals surface area contributed by atoms with E-state index in [0.717, 1.165) is 13.0 Å². The highest BCUT2D eigenvalue weighted by Crippen LogP contribution is 2.14. The second kappa shape index (κ2) is 7.88. The molecule has 3 nitrogen and oxygen atoms in total. The van der Waals surface area contributed by atoms with Crippen molar-refractivity contribution >= 4 is 0 Å². The Morgan fingerprint density at radius 2 is 1.95 bits per heavy atom. The van der Waals surface area contributed by atoms with Crippen LogP contribution in [0.25, 0.3) is 0 Å². The van der Waals surface area contributed by atoms with Crippen molar-refractivity contribution in [3.8, 4) is 0 Å². The van der Waals surface area contributed by atoms with Gasteiger partial charge >= 0.3 is 0 Å². The quantitative estimate of drug-likeness (QED) is 0.792. The van der Waals surface area contributed by atoms with Gasteiger partial charge in [0.15, 0.2) is 0 Å². The average molecular weight is 272 g/mol. The van der Waals surface area contributed by atoms with Gasteiger partial charge in [-0.2, -0.15) is 0 Å². The Labute approximate surface area is 121 Å². The summed E-state index contributed by atoms with van der Waals surface area (Å²) in [5.41, 5.74) is 2.48. The van der Waals surface area contributed by atoms with E-state index in [1.54, 1.807) is 0 Å². The number of ether oxygens (including phenoxy) is 1. The zero-order chi connectivity index (χ0) is 14.2. The summed E-state index contributed by atoms with van der Waals surface area (Å²) in [5.74, 6) is 0. The molecule has 0 radical (unpaired) electrons. The predicted octanol–water partition coefficient (Wildman–Crippen LogP) is 3.72. The Hall–Kier alpha value is -1.58. The highest BCUT2D eigenvalue weighted by atomic mass is 16.5. The third-order valence-corrected chi connectivity index (χ3v) is 3.35. The van der Waals surface area contributed by atoms with Crippen molar-refractivity contribution in [1.29, 1.82) is 0 Å². The van der Waals surface area contributed by atoms with Gasteiger partial charge in [-0.25, -0.2) is 0 Å². The lowest BCUT2D eigenvalue weighted by molar-refractivity contribution is 0.0617. The molecule has 2 rings (SSSR count). The Morgan fingerprint density at radius 3 is 2.70 bits per heavy atom. The van der Waals surface area contributed by atoms with Gasteiger partial charge < -0.3 is 14.6 Å². The molecule has 3 heteroatoms. The zero-order valence-corrected chi connectivity index (χ0v) is 12.4. The number of nitrogens with zero attached hydrogens (tertiary/aromatic N) is 1. The van der Waals surface area contributed by atoms with Crippen LogP contribution in [0.3, 0.4) is 0 Å². The number of hydrogen-bond donors (Lipinski definition) is 1. The first-order chi connectivity index (χ1) is 9.81. The van der Waals surface area contributed by atoms with Crippen LogP contribution in [0.2, 0.25) is 0 Å². The van der Waals surface area contributed by atoms with Crippen molar-refractivity contribution in [3.63, 3.8) is 0 Å². The molecule has 2 aromatic rings. The van der Waals surface area contributed by atoms with Gasteiger partial charge in [0, 0.05) is 17.9 Å². The molecule has 20 heavy (non-hydrogen) atoms. The SMILES string of the molecule is CCCNC(C)c1cccn1COCc1ccccc1. The lowest BCUT2D eigenvalue weighted by Gasteiger charge is -2.17. The van der Waals surface area contributed by atoms with Gasteiger partial charge in [-0.05, 0) is 37.6 Å². The Kier molecular flexibility index (Phi) is 5.84. The van der Waals surface area contributed by atoms with Gasteiger partial charge in [-0.15, -0.1) is 0 Å².